The molecule has 30 heavy (non-hydrogen) atoms. The summed E-state index contributed by atoms with van der Waals surface area (Å²) in [6, 6.07) is 12.4. The molecule has 6 nitrogen and oxygen atoms in total. The van der Waals surface area contributed by atoms with Crippen molar-refractivity contribution in [1.82, 2.24) is 0 Å². The lowest BCUT2D eigenvalue weighted by Crippen LogP contribution is -2.14. The minimum atomic E-state index is -4.02. The molecule has 0 fully saturated rings. The first-order valence-electron chi connectivity index (χ1n) is 8.02. The smallest absolute Gasteiger partial charge is 0.261 e. The number of anilines is 2. The number of benzene rings is 3. The zero-order valence-electron chi connectivity index (χ0n) is 14.7. The topological polar surface area (TPSA) is 92.3 Å². The fourth-order valence-corrected chi connectivity index (χ4v) is 5.72. The van der Waals surface area contributed by atoms with Gasteiger partial charge < -0.3 is 0 Å². The van der Waals surface area contributed by atoms with Crippen LogP contribution in [0.4, 0.5) is 15.8 Å². The lowest BCUT2D eigenvalue weighted by molar-refractivity contribution is 0.600. The third-order valence-electron chi connectivity index (χ3n) is 3.68. The molecule has 0 atom stereocenters. The molecule has 3 aromatic carbocycles. The molecule has 0 aliphatic rings. The first-order valence-corrected chi connectivity index (χ1v) is 12.5. The number of sulfonamides is 2. The van der Waals surface area contributed by atoms with Gasteiger partial charge in [-0.25, -0.2) is 21.2 Å². The van der Waals surface area contributed by atoms with Crippen molar-refractivity contribution in [2.24, 2.45) is 0 Å². The van der Waals surface area contributed by atoms with Crippen LogP contribution in [0.3, 0.4) is 0 Å². The third-order valence-corrected chi connectivity index (χ3v) is 7.33. The van der Waals surface area contributed by atoms with Crippen molar-refractivity contribution in [1.29, 1.82) is 0 Å². The summed E-state index contributed by atoms with van der Waals surface area (Å²) < 4.78 is 68.4. The van der Waals surface area contributed by atoms with E-state index in [1.807, 2.05) is 0 Å². The first-order chi connectivity index (χ1) is 13.9. The second-order valence-corrected chi connectivity index (χ2v) is 11.2. The van der Waals surface area contributed by atoms with Crippen molar-refractivity contribution < 1.29 is 21.2 Å². The molecule has 0 aliphatic heterocycles. The number of nitrogens with one attached hydrogen (secondary N) is 2. The molecule has 3 rings (SSSR count). The third kappa shape index (κ3) is 5.64. The Morgan fingerprint density at radius 3 is 1.80 bits per heavy atom. The van der Waals surface area contributed by atoms with E-state index in [9.17, 15) is 21.2 Å². The van der Waals surface area contributed by atoms with Crippen LogP contribution in [0, 0.1) is 5.82 Å². The molecule has 0 unspecified atom stereocenters. The highest BCUT2D eigenvalue weighted by Gasteiger charge is 2.18. The molecule has 0 bridgehead atoms. The van der Waals surface area contributed by atoms with E-state index in [4.69, 9.17) is 23.2 Å². The number of hydrogen-bond donors (Lipinski definition) is 2. The Kier molecular flexibility index (Phi) is 6.63. The van der Waals surface area contributed by atoms with E-state index in [2.05, 4.69) is 25.4 Å². The van der Waals surface area contributed by atoms with Crippen LogP contribution in [0.2, 0.25) is 10.0 Å². The standard InChI is InChI=1S/C18H12BrCl2FN2O4S2/c19-11-5-14(22)10-16(6-11)24-29(25,26)17-3-1-15(2-4-17)23-30(27,28)18-8-12(20)7-13(21)9-18/h1-10,23-24H. The molecule has 0 spiro atoms. The molecule has 0 aromatic heterocycles. The van der Waals surface area contributed by atoms with Crippen LogP contribution < -0.4 is 9.44 Å². The Morgan fingerprint density at radius 2 is 1.23 bits per heavy atom. The highest BCUT2D eigenvalue weighted by atomic mass is 79.9. The monoisotopic (exact) mass is 552 g/mol. The van der Waals surface area contributed by atoms with Crippen molar-refractivity contribution in [2.75, 3.05) is 9.44 Å². The second kappa shape index (κ2) is 8.72. The Balaban J connectivity index is 1.81. The maximum absolute atomic E-state index is 13.5. The lowest BCUT2D eigenvalue weighted by atomic mass is 10.3. The summed E-state index contributed by atoms with van der Waals surface area (Å²) in [5.41, 5.74) is 0.156. The average molecular weight is 554 g/mol. The van der Waals surface area contributed by atoms with E-state index in [1.165, 1.54) is 54.6 Å². The fraction of sp³-hybridized carbons (Fsp3) is 0. The molecule has 3 aromatic rings. The van der Waals surface area contributed by atoms with Gasteiger partial charge in [-0.05, 0) is 60.7 Å². The van der Waals surface area contributed by atoms with E-state index >= 15 is 0 Å². The van der Waals surface area contributed by atoms with Gasteiger partial charge in [0.05, 0.1) is 15.5 Å². The highest BCUT2D eigenvalue weighted by molar-refractivity contribution is 9.10. The molecule has 0 saturated carbocycles. The van der Waals surface area contributed by atoms with Gasteiger partial charge >= 0.3 is 0 Å². The maximum Gasteiger partial charge on any atom is 0.261 e. The maximum atomic E-state index is 13.5. The minimum absolute atomic E-state index is 0.0319. The Bertz CT molecular complexity index is 1280. The molecule has 12 heteroatoms. The molecule has 0 heterocycles. The Labute approximate surface area is 191 Å². The van der Waals surface area contributed by atoms with E-state index < -0.39 is 25.9 Å². The molecule has 2 N–H and O–H groups in total. The van der Waals surface area contributed by atoms with Crippen LogP contribution in [0.15, 0.2) is 74.9 Å². The van der Waals surface area contributed by atoms with Gasteiger partial charge in [0, 0.05) is 20.2 Å². The van der Waals surface area contributed by atoms with Crippen LogP contribution in [-0.2, 0) is 20.0 Å². The van der Waals surface area contributed by atoms with Crippen LogP contribution in [0.25, 0.3) is 0 Å². The molecular weight excluding hydrogens is 542 g/mol. The number of hydrogen-bond acceptors (Lipinski definition) is 4. The summed E-state index contributed by atoms with van der Waals surface area (Å²) >= 11 is 14.8. The predicted octanol–water partition coefficient (Wildman–Crippen LogP) is 5.50. The molecule has 0 radical (unpaired) electrons. The van der Waals surface area contributed by atoms with Crippen molar-refractivity contribution in [3.05, 3.63) is 81.0 Å². The van der Waals surface area contributed by atoms with Gasteiger partial charge in [-0.15, -0.1) is 0 Å². The minimum Gasteiger partial charge on any atom is -0.280 e. The van der Waals surface area contributed by atoms with Gasteiger partial charge in [0.15, 0.2) is 0 Å². The van der Waals surface area contributed by atoms with E-state index in [0.29, 0.717) is 4.47 Å². The van der Waals surface area contributed by atoms with Gasteiger partial charge in [-0.2, -0.15) is 0 Å². The molecule has 0 amide bonds. The van der Waals surface area contributed by atoms with E-state index in [1.54, 1.807) is 0 Å². The van der Waals surface area contributed by atoms with Crippen molar-refractivity contribution in [2.45, 2.75) is 9.79 Å². The first kappa shape index (κ1) is 22.8. The van der Waals surface area contributed by atoms with Crippen LogP contribution in [0.1, 0.15) is 0 Å². The van der Waals surface area contributed by atoms with E-state index in [0.717, 1.165) is 6.07 Å². The normalized spacial score (nSPS) is 11.9. The van der Waals surface area contributed by atoms with Crippen LogP contribution in [0.5, 0.6) is 0 Å². The molecule has 158 valence electrons. The van der Waals surface area contributed by atoms with Gasteiger partial charge in [0.2, 0.25) is 0 Å². The van der Waals surface area contributed by atoms with Crippen molar-refractivity contribution in [3.8, 4) is 0 Å². The summed E-state index contributed by atoms with van der Waals surface area (Å²) in [5, 5.41) is 0.304. The van der Waals surface area contributed by atoms with Gasteiger partial charge in [-0.3, -0.25) is 9.44 Å². The summed E-state index contributed by atoms with van der Waals surface area (Å²) in [4.78, 5) is -0.285. The highest BCUT2D eigenvalue weighted by Crippen LogP contribution is 2.26. The SMILES string of the molecule is O=S(=O)(Nc1cc(F)cc(Br)c1)c1ccc(NS(=O)(=O)c2cc(Cl)cc(Cl)c2)cc1. The van der Waals surface area contributed by atoms with Crippen molar-refractivity contribution >= 4 is 70.6 Å². The molecule has 0 saturated heterocycles. The molecule has 0 aliphatic carbocycles. The second-order valence-electron chi connectivity index (χ2n) is 6.00. The largest absolute Gasteiger partial charge is 0.280 e. The quantitative estimate of drug-likeness (QED) is 0.422. The van der Waals surface area contributed by atoms with Gasteiger partial charge in [0.1, 0.15) is 5.82 Å². The van der Waals surface area contributed by atoms with Crippen LogP contribution in [-0.4, -0.2) is 16.8 Å². The lowest BCUT2D eigenvalue weighted by Gasteiger charge is -2.11. The average Bonchev–Trinajstić information content (AvgIpc) is 2.59. The number of rotatable bonds is 6. The van der Waals surface area contributed by atoms with Crippen molar-refractivity contribution in [3.63, 3.8) is 0 Å². The summed E-state index contributed by atoms with van der Waals surface area (Å²) in [5.74, 6) is -0.618. The number of halogens is 4. The van der Waals surface area contributed by atoms with Gasteiger partial charge in [-0.1, -0.05) is 39.1 Å². The van der Waals surface area contributed by atoms with Gasteiger partial charge in [0.25, 0.3) is 20.0 Å². The Hall–Kier alpha value is -1.85. The molecular formula is C18H12BrCl2FN2O4S2. The van der Waals surface area contributed by atoms with E-state index in [-0.39, 0.29) is 31.2 Å². The summed E-state index contributed by atoms with van der Waals surface area (Å²) in [6.45, 7) is 0. The predicted molar refractivity (Wildman–Crippen MR) is 119 cm³/mol. The zero-order valence-corrected chi connectivity index (χ0v) is 19.5. The fourth-order valence-electron chi connectivity index (χ4n) is 2.43. The Morgan fingerprint density at radius 1 is 0.700 bits per heavy atom. The van der Waals surface area contributed by atoms with Crippen LogP contribution >= 0.6 is 39.1 Å². The summed E-state index contributed by atoms with van der Waals surface area (Å²) in [7, 11) is -8.02. The summed E-state index contributed by atoms with van der Waals surface area (Å²) in [6.07, 6.45) is 0. The zero-order chi connectivity index (χ0) is 22.1.